The second-order valence-corrected chi connectivity index (χ2v) is 6.49. The molecule has 0 atom stereocenters. The Hall–Kier alpha value is -3.45. The van der Waals surface area contributed by atoms with E-state index >= 15 is 0 Å². The van der Waals surface area contributed by atoms with Crippen LogP contribution in [0.2, 0.25) is 0 Å². The van der Waals surface area contributed by atoms with Crippen LogP contribution in [0.3, 0.4) is 0 Å². The predicted molar refractivity (Wildman–Crippen MR) is 95.2 cm³/mol. The van der Waals surface area contributed by atoms with Crippen LogP contribution in [0, 0.1) is 0 Å². The van der Waals surface area contributed by atoms with Crippen molar-refractivity contribution in [2.75, 3.05) is 23.8 Å². The van der Waals surface area contributed by atoms with Crippen LogP contribution >= 0.6 is 0 Å². The third-order valence-electron chi connectivity index (χ3n) is 4.13. The van der Waals surface area contributed by atoms with Gasteiger partial charge in [0.2, 0.25) is 5.82 Å². The summed E-state index contributed by atoms with van der Waals surface area (Å²) < 4.78 is 78.5. The molecule has 3 rings (SSSR count). The first-order valence-corrected chi connectivity index (χ1v) is 8.58. The first-order valence-electron chi connectivity index (χ1n) is 8.58. The zero-order valence-corrected chi connectivity index (χ0v) is 15.6. The van der Waals surface area contributed by atoms with Gasteiger partial charge >= 0.3 is 18.2 Å². The van der Waals surface area contributed by atoms with Gasteiger partial charge in [-0.2, -0.15) is 31.3 Å². The second kappa shape index (κ2) is 8.00. The van der Waals surface area contributed by atoms with Crippen molar-refractivity contribution in [1.29, 1.82) is 0 Å². The first-order chi connectivity index (χ1) is 14.4. The maximum atomic E-state index is 12.5. The molecule has 0 aliphatic carbocycles. The molecule has 3 aromatic rings. The SMILES string of the molecule is CN(Cc1ccc(-c2noc(C(F)(F)F)n2)cn1)c1c(NCCC(F)(F)F)c(=O)c1=O. The van der Waals surface area contributed by atoms with Crippen molar-refractivity contribution < 1.29 is 30.9 Å². The molecule has 1 N–H and O–H groups in total. The lowest BCUT2D eigenvalue weighted by Gasteiger charge is -2.23. The van der Waals surface area contributed by atoms with E-state index < -0.39 is 42.1 Å². The summed E-state index contributed by atoms with van der Waals surface area (Å²) in [6, 6.07) is 2.81. The van der Waals surface area contributed by atoms with Crippen LogP contribution in [0.4, 0.5) is 37.7 Å². The number of hydrogen-bond acceptors (Lipinski definition) is 8. The molecule has 166 valence electrons. The number of hydrogen-bond donors (Lipinski definition) is 1. The fourth-order valence-corrected chi connectivity index (χ4v) is 2.67. The zero-order valence-electron chi connectivity index (χ0n) is 15.6. The van der Waals surface area contributed by atoms with E-state index in [1.54, 1.807) is 0 Å². The third kappa shape index (κ3) is 5.00. The number of pyridine rings is 1. The number of rotatable bonds is 7. The van der Waals surface area contributed by atoms with Crippen molar-refractivity contribution in [3.63, 3.8) is 0 Å². The minimum absolute atomic E-state index is 0.000864. The van der Waals surface area contributed by atoms with E-state index in [0.717, 1.165) is 0 Å². The lowest BCUT2D eigenvalue weighted by Crippen LogP contribution is -2.41. The summed E-state index contributed by atoms with van der Waals surface area (Å²) in [5, 5.41) is 5.56. The average molecular weight is 449 g/mol. The minimum Gasteiger partial charge on any atom is -0.380 e. The molecule has 14 heteroatoms. The van der Waals surface area contributed by atoms with Gasteiger partial charge in [-0.15, -0.1) is 0 Å². The van der Waals surface area contributed by atoms with Gasteiger partial charge in [-0.05, 0) is 12.1 Å². The molecule has 2 aromatic heterocycles. The summed E-state index contributed by atoms with van der Waals surface area (Å²) in [5.74, 6) is -1.82. The van der Waals surface area contributed by atoms with Crippen molar-refractivity contribution >= 4 is 11.4 Å². The quantitative estimate of drug-likeness (QED) is 0.434. The van der Waals surface area contributed by atoms with Crippen LogP contribution in [-0.4, -0.2) is 34.9 Å². The highest BCUT2D eigenvalue weighted by Crippen LogP contribution is 2.29. The fraction of sp³-hybridized carbons (Fsp3) is 0.353. The fourth-order valence-electron chi connectivity index (χ4n) is 2.67. The van der Waals surface area contributed by atoms with E-state index in [1.807, 2.05) is 0 Å². The maximum Gasteiger partial charge on any atom is 0.471 e. The summed E-state index contributed by atoms with van der Waals surface area (Å²) in [5.41, 5.74) is -1.54. The maximum absolute atomic E-state index is 12.5. The number of alkyl halides is 6. The van der Waals surface area contributed by atoms with E-state index in [0.29, 0.717) is 5.69 Å². The number of anilines is 2. The molecule has 0 aliphatic rings. The molecule has 0 aliphatic heterocycles. The van der Waals surface area contributed by atoms with Gasteiger partial charge in [-0.3, -0.25) is 14.6 Å². The van der Waals surface area contributed by atoms with E-state index in [-0.39, 0.29) is 29.3 Å². The molecule has 0 fully saturated rings. The largest absolute Gasteiger partial charge is 0.471 e. The van der Waals surface area contributed by atoms with Gasteiger partial charge in [0.1, 0.15) is 11.4 Å². The van der Waals surface area contributed by atoms with Gasteiger partial charge < -0.3 is 14.7 Å². The molecular weight excluding hydrogens is 436 g/mol. The molecule has 0 radical (unpaired) electrons. The molecule has 0 amide bonds. The van der Waals surface area contributed by atoms with E-state index in [9.17, 15) is 35.9 Å². The summed E-state index contributed by atoms with van der Waals surface area (Å²) in [4.78, 5) is 32.1. The predicted octanol–water partition coefficient (Wildman–Crippen LogP) is 2.75. The minimum atomic E-state index is -4.78. The molecule has 0 saturated heterocycles. The van der Waals surface area contributed by atoms with Gasteiger partial charge in [0.15, 0.2) is 0 Å². The van der Waals surface area contributed by atoms with Crippen LogP contribution in [0.15, 0.2) is 32.4 Å². The molecule has 0 spiro atoms. The van der Waals surface area contributed by atoms with Gasteiger partial charge in [0.25, 0.3) is 10.9 Å². The Bertz CT molecular complexity index is 1130. The lowest BCUT2D eigenvalue weighted by atomic mass is 10.1. The number of nitrogens with one attached hydrogen (secondary N) is 1. The summed E-state index contributed by atoms with van der Waals surface area (Å²) in [6.07, 6.45) is -9.18. The smallest absolute Gasteiger partial charge is 0.380 e. The molecule has 0 bridgehead atoms. The molecule has 0 unspecified atom stereocenters. The van der Waals surface area contributed by atoms with Crippen LogP contribution < -0.4 is 21.1 Å². The topological polar surface area (TPSA) is 101 Å². The normalized spacial score (nSPS) is 12.4. The van der Waals surface area contributed by atoms with Gasteiger partial charge in [0, 0.05) is 25.4 Å². The van der Waals surface area contributed by atoms with Crippen molar-refractivity contribution in [3.8, 4) is 11.4 Å². The Morgan fingerprint density at radius 2 is 1.81 bits per heavy atom. The van der Waals surface area contributed by atoms with Crippen molar-refractivity contribution in [2.24, 2.45) is 0 Å². The Balaban J connectivity index is 1.68. The van der Waals surface area contributed by atoms with E-state index in [4.69, 9.17) is 0 Å². The molecule has 31 heavy (non-hydrogen) atoms. The number of halogens is 6. The van der Waals surface area contributed by atoms with Crippen molar-refractivity contribution in [3.05, 3.63) is 50.4 Å². The zero-order chi connectivity index (χ0) is 23.0. The van der Waals surface area contributed by atoms with Gasteiger partial charge in [-0.25, -0.2) is 0 Å². The summed E-state index contributed by atoms with van der Waals surface area (Å²) >= 11 is 0. The molecule has 2 heterocycles. The van der Waals surface area contributed by atoms with Crippen LogP contribution in [0.25, 0.3) is 11.4 Å². The van der Waals surface area contributed by atoms with Crippen LogP contribution in [-0.2, 0) is 12.7 Å². The van der Waals surface area contributed by atoms with Crippen molar-refractivity contribution in [1.82, 2.24) is 15.1 Å². The molecular formula is C17H13F6N5O3. The average Bonchev–Trinajstić information content (AvgIpc) is 3.17. The molecule has 1 aromatic carbocycles. The van der Waals surface area contributed by atoms with Crippen LogP contribution in [0.1, 0.15) is 18.0 Å². The lowest BCUT2D eigenvalue weighted by molar-refractivity contribution is -0.159. The molecule has 0 saturated carbocycles. The van der Waals surface area contributed by atoms with E-state index in [2.05, 4.69) is 25.0 Å². The molecule has 8 nitrogen and oxygen atoms in total. The summed E-state index contributed by atoms with van der Waals surface area (Å²) in [6.45, 7) is -0.564. The highest BCUT2D eigenvalue weighted by Gasteiger charge is 2.38. The second-order valence-electron chi connectivity index (χ2n) is 6.49. The highest BCUT2D eigenvalue weighted by molar-refractivity contribution is 5.75. The monoisotopic (exact) mass is 449 g/mol. The Kier molecular flexibility index (Phi) is 5.74. The standard InChI is InChI=1S/C17H13F6N5O3/c1-28(11-10(12(29)13(11)30)24-5-4-16(18,19)20)7-9-3-2-8(6-25-9)14-26-15(31-27-14)17(21,22)23/h2-3,6,24H,4-5,7H2,1H3. The Labute approximate surface area is 169 Å². The number of aromatic nitrogens is 3. The third-order valence-corrected chi connectivity index (χ3v) is 4.13. The van der Waals surface area contributed by atoms with Crippen molar-refractivity contribution in [2.45, 2.75) is 25.3 Å². The van der Waals surface area contributed by atoms with Gasteiger partial charge in [0.05, 0.1) is 18.7 Å². The first kappa shape index (κ1) is 22.2. The van der Waals surface area contributed by atoms with Gasteiger partial charge in [-0.1, -0.05) is 5.16 Å². The highest BCUT2D eigenvalue weighted by atomic mass is 19.4. The van der Waals surface area contributed by atoms with Crippen LogP contribution in [0.5, 0.6) is 0 Å². The summed E-state index contributed by atoms with van der Waals surface area (Å²) in [7, 11) is 1.44. The Morgan fingerprint density at radius 3 is 2.35 bits per heavy atom. The number of nitrogens with zero attached hydrogens (tertiary/aromatic N) is 4. The Morgan fingerprint density at radius 1 is 1.10 bits per heavy atom. The van der Waals surface area contributed by atoms with E-state index in [1.165, 1.54) is 30.3 Å².